The second-order valence-corrected chi connectivity index (χ2v) is 11.6. The first-order valence-electron chi connectivity index (χ1n) is 13.3. The molecule has 2 aromatic carbocycles. The number of aryl methyl sites for hydroxylation is 1. The molecule has 3 aromatic rings. The van der Waals surface area contributed by atoms with E-state index in [9.17, 15) is 9.18 Å². The average molecular weight is 525 g/mol. The highest BCUT2D eigenvalue weighted by molar-refractivity contribution is 7.13. The summed E-state index contributed by atoms with van der Waals surface area (Å²) >= 11 is 1.44. The van der Waals surface area contributed by atoms with Crippen LogP contribution in [0.15, 0.2) is 30.3 Å². The highest BCUT2D eigenvalue weighted by Crippen LogP contribution is 2.42. The van der Waals surface area contributed by atoms with Gasteiger partial charge in [0.2, 0.25) is 5.91 Å². The lowest BCUT2D eigenvalue weighted by Gasteiger charge is -2.40. The highest BCUT2D eigenvalue weighted by Gasteiger charge is 2.37. The van der Waals surface area contributed by atoms with Crippen LogP contribution in [0.1, 0.15) is 43.9 Å². The van der Waals surface area contributed by atoms with Crippen molar-refractivity contribution in [3.05, 3.63) is 52.8 Å². The van der Waals surface area contributed by atoms with E-state index in [1.165, 1.54) is 28.7 Å². The second kappa shape index (κ2) is 10.7. The number of fused-ring (bicyclic) bond motifs is 2. The molecule has 37 heavy (non-hydrogen) atoms. The number of piperazine rings is 1. The molecule has 1 saturated heterocycles. The van der Waals surface area contributed by atoms with Crippen molar-refractivity contribution in [2.24, 2.45) is 0 Å². The molecule has 8 heteroatoms. The molecule has 2 aliphatic rings. The van der Waals surface area contributed by atoms with E-state index in [0.717, 1.165) is 66.3 Å². The van der Waals surface area contributed by atoms with Crippen LogP contribution in [-0.2, 0) is 21.4 Å². The third kappa shape index (κ3) is 5.38. The number of hydrogen-bond acceptors (Lipinski definition) is 6. The third-order valence-electron chi connectivity index (χ3n) is 7.72. The molecule has 0 saturated carbocycles. The van der Waals surface area contributed by atoms with Crippen LogP contribution >= 0.6 is 11.5 Å². The van der Waals surface area contributed by atoms with Gasteiger partial charge < -0.3 is 14.5 Å². The fraction of sp³-hybridized carbons (Fsp3) is 0.517. The van der Waals surface area contributed by atoms with Crippen LogP contribution in [-0.4, -0.2) is 67.7 Å². The summed E-state index contributed by atoms with van der Waals surface area (Å²) in [6, 6.07) is 9.51. The van der Waals surface area contributed by atoms with Gasteiger partial charge in [-0.2, -0.15) is 4.37 Å². The minimum atomic E-state index is -0.210. The van der Waals surface area contributed by atoms with Crippen molar-refractivity contribution >= 4 is 39.0 Å². The molecule has 0 atom stereocenters. The number of aromatic nitrogens is 1. The standard InChI is InChI=1S/C29H37FN4O2S/c1-5-36-15-14-34-26(35)19-29(3,4)24-17-21(16-20(2)27(24)34)8-9-32-10-12-33(13-11-32)28-23-18-22(30)6-7-25(23)37-31-28/h6-7,16-18H,5,8-15,19H2,1-4H3. The Hall–Kier alpha value is -2.55. The lowest BCUT2D eigenvalue weighted by atomic mass is 9.75. The molecule has 0 spiro atoms. The maximum absolute atomic E-state index is 13.8. The zero-order valence-electron chi connectivity index (χ0n) is 22.3. The van der Waals surface area contributed by atoms with Gasteiger partial charge >= 0.3 is 0 Å². The molecule has 0 aliphatic carbocycles. The van der Waals surface area contributed by atoms with Crippen LogP contribution in [0.25, 0.3) is 10.1 Å². The zero-order valence-corrected chi connectivity index (χ0v) is 23.2. The second-order valence-electron chi connectivity index (χ2n) is 10.8. The van der Waals surface area contributed by atoms with Crippen molar-refractivity contribution in [3.8, 4) is 0 Å². The van der Waals surface area contributed by atoms with Gasteiger partial charge in [0.15, 0.2) is 0 Å². The summed E-state index contributed by atoms with van der Waals surface area (Å²) < 4.78 is 25.0. The molecular weight excluding hydrogens is 487 g/mol. The van der Waals surface area contributed by atoms with Crippen LogP contribution in [0.3, 0.4) is 0 Å². The number of halogens is 1. The molecule has 0 bridgehead atoms. The Kier molecular flexibility index (Phi) is 7.52. The van der Waals surface area contributed by atoms with Crippen LogP contribution in [0.2, 0.25) is 0 Å². The number of anilines is 2. The summed E-state index contributed by atoms with van der Waals surface area (Å²) in [6.07, 6.45) is 1.49. The topological polar surface area (TPSA) is 48.9 Å². The Balaban J connectivity index is 1.25. The summed E-state index contributed by atoms with van der Waals surface area (Å²) in [5.74, 6) is 0.884. The number of carbonyl (C=O) groups excluding carboxylic acids is 1. The van der Waals surface area contributed by atoms with E-state index >= 15 is 0 Å². The van der Waals surface area contributed by atoms with Gasteiger partial charge in [-0.15, -0.1) is 0 Å². The van der Waals surface area contributed by atoms with E-state index in [0.29, 0.717) is 26.2 Å². The highest BCUT2D eigenvalue weighted by atomic mass is 32.1. The molecule has 0 unspecified atom stereocenters. The fourth-order valence-electron chi connectivity index (χ4n) is 5.70. The number of hydrogen-bond donors (Lipinski definition) is 0. The monoisotopic (exact) mass is 524 g/mol. The van der Waals surface area contributed by atoms with E-state index in [1.807, 2.05) is 17.9 Å². The SMILES string of the molecule is CCOCCN1C(=O)CC(C)(C)c2cc(CCN3CCN(c4nsc5ccc(F)cc45)CC3)cc(C)c21. The Morgan fingerprint density at radius 1 is 1.11 bits per heavy atom. The first-order valence-corrected chi connectivity index (χ1v) is 14.1. The van der Waals surface area contributed by atoms with E-state index in [4.69, 9.17) is 4.74 Å². The summed E-state index contributed by atoms with van der Waals surface area (Å²) in [6.45, 7) is 15.0. The predicted molar refractivity (Wildman–Crippen MR) is 150 cm³/mol. The molecule has 0 radical (unpaired) electrons. The maximum atomic E-state index is 13.8. The smallest absolute Gasteiger partial charge is 0.227 e. The van der Waals surface area contributed by atoms with Crippen molar-refractivity contribution in [2.75, 3.05) is 62.3 Å². The van der Waals surface area contributed by atoms with E-state index < -0.39 is 0 Å². The summed E-state index contributed by atoms with van der Waals surface area (Å²) in [7, 11) is 0. The quantitative estimate of drug-likeness (QED) is 0.381. The summed E-state index contributed by atoms with van der Waals surface area (Å²) in [4.78, 5) is 19.7. The van der Waals surface area contributed by atoms with Crippen LogP contribution in [0, 0.1) is 12.7 Å². The molecule has 198 valence electrons. The minimum absolute atomic E-state index is 0.182. The van der Waals surface area contributed by atoms with Gasteiger partial charge in [0.1, 0.15) is 11.6 Å². The van der Waals surface area contributed by atoms with Crippen LogP contribution in [0.5, 0.6) is 0 Å². The lowest BCUT2D eigenvalue weighted by Crippen LogP contribution is -2.47. The van der Waals surface area contributed by atoms with Crippen molar-refractivity contribution in [3.63, 3.8) is 0 Å². The van der Waals surface area contributed by atoms with Gasteiger partial charge in [-0.3, -0.25) is 9.69 Å². The molecule has 0 N–H and O–H groups in total. The Bertz CT molecular complexity index is 1280. The van der Waals surface area contributed by atoms with E-state index in [-0.39, 0.29) is 17.1 Å². The van der Waals surface area contributed by atoms with Crippen LogP contribution in [0.4, 0.5) is 15.9 Å². The number of nitrogens with zero attached hydrogens (tertiary/aromatic N) is 4. The molecule has 6 nitrogen and oxygen atoms in total. The molecule has 1 amide bonds. The van der Waals surface area contributed by atoms with Gasteiger partial charge in [0, 0.05) is 63.1 Å². The van der Waals surface area contributed by atoms with Gasteiger partial charge in [-0.1, -0.05) is 26.0 Å². The number of carbonyl (C=O) groups is 1. The molecule has 3 heterocycles. The minimum Gasteiger partial charge on any atom is -0.380 e. The first kappa shape index (κ1) is 26.1. The number of rotatable bonds is 8. The zero-order chi connectivity index (χ0) is 26.2. The van der Waals surface area contributed by atoms with Gasteiger partial charge in [-0.05, 0) is 66.7 Å². The largest absolute Gasteiger partial charge is 0.380 e. The Labute approximate surface area is 223 Å². The van der Waals surface area contributed by atoms with Gasteiger partial charge in [-0.25, -0.2) is 4.39 Å². The van der Waals surface area contributed by atoms with Gasteiger partial charge in [0.05, 0.1) is 17.0 Å². The summed E-state index contributed by atoms with van der Waals surface area (Å²) in [5.41, 5.74) is 4.65. The predicted octanol–water partition coefficient (Wildman–Crippen LogP) is 5.16. The van der Waals surface area contributed by atoms with E-state index in [1.54, 1.807) is 6.07 Å². The molecule has 5 rings (SSSR count). The summed E-state index contributed by atoms with van der Waals surface area (Å²) in [5, 5.41) is 0.916. The van der Waals surface area contributed by atoms with Crippen molar-refractivity contribution in [1.29, 1.82) is 0 Å². The number of benzene rings is 2. The Morgan fingerprint density at radius 3 is 2.65 bits per heavy atom. The van der Waals surface area contributed by atoms with Crippen molar-refractivity contribution in [1.82, 2.24) is 9.27 Å². The number of amides is 1. The van der Waals surface area contributed by atoms with Crippen LogP contribution < -0.4 is 9.80 Å². The molecular formula is C29H37FN4O2S. The van der Waals surface area contributed by atoms with Crippen molar-refractivity contribution < 1.29 is 13.9 Å². The fourth-order valence-corrected chi connectivity index (χ4v) is 6.48. The Morgan fingerprint density at radius 2 is 1.89 bits per heavy atom. The molecule has 2 aliphatic heterocycles. The maximum Gasteiger partial charge on any atom is 0.227 e. The molecule has 1 fully saturated rings. The first-order chi connectivity index (χ1) is 17.8. The molecule has 1 aromatic heterocycles. The van der Waals surface area contributed by atoms with Gasteiger partial charge in [0.25, 0.3) is 0 Å². The average Bonchev–Trinajstić information content (AvgIpc) is 3.28. The normalized spacial score (nSPS) is 18.0. The number of ether oxygens (including phenoxy) is 1. The van der Waals surface area contributed by atoms with Crippen molar-refractivity contribution in [2.45, 2.75) is 46.0 Å². The lowest BCUT2D eigenvalue weighted by molar-refractivity contribution is -0.120. The third-order valence-corrected chi connectivity index (χ3v) is 8.54. The van der Waals surface area contributed by atoms with E-state index in [2.05, 4.69) is 47.1 Å².